The predicted molar refractivity (Wildman–Crippen MR) is 148 cm³/mol. The molecule has 0 aliphatic heterocycles. The van der Waals surface area contributed by atoms with Crippen molar-refractivity contribution in [3.05, 3.63) is 103 Å². The number of anilines is 1. The van der Waals surface area contributed by atoms with E-state index in [0.717, 1.165) is 18.8 Å². The van der Waals surface area contributed by atoms with Gasteiger partial charge in [-0.3, -0.25) is 4.79 Å². The highest BCUT2D eigenvalue weighted by Gasteiger charge is 2.07. The molecule has 0 saturated carbocycles. The second-order valence-electron chi connectivity index (χ2n) is 7.74. The van der Waals surface area contributed by atoms with Crippen LogP contribution in [0.2, 0.25) is 0 Å². The molecule has 0 saturated heterocycles. The van der Waals surface area contributed by atoms with Gasteiger partial charge in [0.15, 0.2) is 0 Å². The van der Waals surface area contributed by atoms with Gasteiger partial charge in [0.1, 0.15) is 5.75 Å². The highest BCUT2D eigenvalue weighted by molar-refractivity contribution is 5.69. The van der Waals surface area contributed by atoms with Gasteiger partial charge in [-0.2, -0.15) is 20.5 Å². The van der Waals surface area contributed by atoms with Crippen LogP contribution in [0.3, 0.4) is 0 Å². The summed E-state index contributed by atoms with van der Waals surface area (Å²) in [6.45, 7) is 11.3. The first kappa shape index (κ1) is 27.6. The van der Waals surface area contributed by atoms with Gasteiger partial charge in [0.05, 0.1) is 22.7 Å². The molecule has 0 aromatic heterocycles. The van der Waals surface area contributed by atoms with E-state index in [2.05, 4.69) is 75.1 Å². The lowest BCUT2D eigenvalue weighted by molar-refractivity contribution is -0.142. The van der Waals surface area contributed by atoms with Gasteiger partial charge in [0.25, 0.3) is 0 Å². The number of carbonyl (C=O) groups excluding carboxylic acids is 1. The Labute approximate surface area is 222 Å². The summed E-state index contributed by atoms with van der Waals surface area (Å²) in [5, 5.41) is 17.1. The molecule has 0 unspecified atom stereocenters. The van der Waals surface area contributed by atoms with Gasteiger partial charge < -0.3 is 14.4 Å². The standard InChI is InChI=1S/C30H29N5O3/c1-5-9-10-30(38-29(36)6-2)37-28-21-17-26(18-22-28)34-32-24-13-11-23(12-14-24)31-33-25-15-19-27(20-16-25)35(7-3)8-4/h11-22H,1,6-8H2,2-4H3. The second kappa shape index (κ2) is 14.5. The zero-order valence-corrected chi connectivity index (χ0v) is 21.7. The third-order valence-corrected chi connectivity index (χ3v) is 5.19. The maximum atomic E-state index is 11.6. The lowest BCUT2D eigenvalue weighted by Crippen LogP contribution is -2.21. The average Bonchev–Trinajstić information content (AvgIpc) is 2.96. The first-order valence-corrected chi connectivity index (χ1v) is 12.2. The van der Waals surface area contributed by atoms with Crippen molar-refractivity contribution in [1.29, 1.82) is 0 Å². The van der Waals surface area contributed by atoms with Crippen LogP contribution in [-0.4, -0.2) is 19.1 Å². The van der Waals surface area contributed by atoms with Crippen LogP contribution in [0.4, 0.5) is 28.4 Å². The smallest absolute Gasteiger partial charge is 0.350 e. The van der Waals surface area contributed by atoms with Gasteiger partial charge in [-0.05, 0) is 99.0 Å². The zero-order chi connectivity index (χ0) is 27.2. The van der Waals surface area contributed by atoms with Gasteiger partial charge >= 0.3 is 11.9 Å². The maximum absolute atomic E-state index is 11.6. The summed E-state index contributed by atoms with van der Waals surface area (Å²) in [5.41, 5.74) is 11.4. The summed E-state index contributed by atoms with van der Waals surface area (Å²) in [4.78, 5) is 13.8. The van der Waals surface area contributed by atoms with Crippen molar-refractivity contribution in [2.24, 2.45) is 20.5 Å². The molecular weight excluding hydrogens is 478 g/mol. The molecule has 0 heterocycles. The number of rotatable bonds is 11. The SMILES string of the molecule is C=C=C=C=C(OC(=O)CC)Oc1ccc(N=Nc2ccc(N=Nc3ccc(N(CC)CC)cc3)cc2)cc1. The number of hydrogen-bond donors (Lipinski definition) is 0. The second-order valence-corrected chi connectivity index (χ2v) is 7.74. The molecule has 0 N–H and O–H groups in total. The Morgan fingerprint density at radius 1 is 0.763 bits per heavy atom. The molecule has 8 nitrogen and oxygen atoms in total. The van der Waals surface area contributed by atoms with Crippen molar-refractivity contribution in [3.63, 3.8) is 0 Å². The van der Waals surface area contributed by atoms with Crippen LogP contribution in [0.1, 0.15) is 27.2 Å². The Balaban J connectivity index is 1.60. The number of hydrogen-bond acceptors (Lipinski definition) is 8. The highest BCUT2D eigenvalue weighted by atomic mass is 16.7. The molecule has 3 aromatic rings. The minimum atomic E-state index is -0.458. The topological polar surface area (TPSA) is 88.2 Å². The van der Waals surface area contributed by atoms with Crippen LogP contribution < -0.4 is 9.64 Å². The Bertz CT molecular complexity index is 1390. The van der Waals surface area contributed by atoms with Crippen molar-refractivity contribution in [2.75, 3.05) is 18.0 Å². The number of esters is 1. The van der Waals surface area contributed by atoms with Crippen LogP contribution in [0.25, 0.3) is 0 Å². The van der Waals surface area contributed by atoms with Crippen LogP contribution in [0, 0.1) is 0 Å². The first-order valence-electron chi connectivity index (χ1n) is 12.2. The van der Waals surface area contributed by atoms with Gasteiger partial charge in [0.2, 0.25) is 0 Å². The minimum Gasteiger partial charge on any atom is -0.419 e. The van der Waals surface area contributed by atoms with Crippen LogP contribution in [-0.2, 0) is 9.53 Å². The van der Waals surface area contributed by atoms with Crippen LogP contribution in [0.5, 0.6) is 5.75 Å². The van der Waals surface area contributed by atoms with Crippen molar-refractivity contribution >= 4 is 34.4 Å². The lowest BCUT2D eigenvalue weighted by Gasteiger charge is -2.20. The number of carbonyl (C=O) groups is 1. The van der Waals surface area contributed by atoms with Crippen molar-refractivity contribution in [2.45, 2.75) is 27.2 Å². The molecule has 0 spiro atoms. The van der Waals surface area contributed by atoms with Crippen molar-refractivity contribution in [3.8, 4) is 5.75 Å². The number of benzene rings is 3. The van der Waals surface area contributed by atoms with Gasteiger partial charge in [-0.1, -0.05) is 12.7 Å². The normalized spacial score (nSPS) is 10.5. The molecule has 8 heteroatoms. The molecule has 3 aromatic carbocycles. The van der Waals surface area contributed by atoms with E-state index in [1.807, 2.05) is 36.4 Å². The molecular formula is C30H29N5O3. The largest absolute Gasteiger partial charge is 0.419 e. The first-order chi connectivity index (χ1) is 18.5. The van der Waals surface area contributed by atoms with E-state index in [1.165, 1.54) is 5.69 Å². The van der Waals surface area contributed by atoms with Crippen LogP contribution in [0.15, 0.2) is 123 Å². The number of ether oxygens (including phenoxy) is 2. The summed E-state index contributed by atoms with van der Waals surface area (Å²) in [6.07, 6.45) is 0.195. The molecule has 0 aliphatic carbocycles. The number of azo groups is 2. The fourth-order valence-electron chi connectivity index (χ4n) is 3.17. The van der Waals surface area contributed by atoms with E-state index in [1.54, 1.807) is 31.2 Å². The summed E-state index contributed by atoms with van der Waals surface area (Å²) >= 11 is 0. The molecule has 0 bridgehead atoms. The molecule has 0 amide bonds. The van der Waals surface area contributed by atoms with E-state index < -0.39 is 5.97 Å². The average molecular weight is 508 g/mol. The minimum absolute atomic E-state index is 0.142. The Kier molecular flexibility index (Phi) is 10.6. The quantitative estimate of drug-likeness (QED) is 0.112. The molecule has 0 aliphatic rings. The molecule has 38 heavy (non-hydrogen) atoms. The maximum Gasteiger partial charge on any atom is 0.350 e. The zero-order valence-electron chi connectivity index (χ0n) is 21.7. The van der Waals surface area contributed by atoms with Crippen molar-refractivity contribution in [1.82, 2.24) is 0 Å². The van der Waals surface area contributed by atoms with E-state index >= 15 is 0 Å². The Morgan fingerprint density at radius 3 is 1.63 bits per heavy atom. The van der Waals surface area contributed by atoms with Crippen LogP contribution >= 0.6 is 0 Å². The molecule has 0 atom stereocenters. The van der Waals surface area contributed by atoms with Gasteiger partial charge in [-0.15, -0.1) is 0 Å². The lowest BCUT2D eigenvalue weighted by atomic mass is 10.2. The van der Waals surface area contributed by atoms with E-state index in [4.69, 9.17) is 9.47 Å². The third-order valence-electron chi connectivity index (χ3n) is 5.19. The highest BCUT2D eigenvalue weighted by Crippen LogP contribution is 2.26. The van der Waals surface area contributed by atoms with E-state index in [0.29, 0.717) is 22.8 Å². The molecule has 0 radical (unpaired) electrons. The summed E-state index contributed by atoms with van der Waals surface area (Å²) < 4.78 is 10.6. The summed E-state index contributed by atoms with van der Waals surface area (Å²) in [5.74, 6) is -0.171. The molecule has 192 valence electrons. The van der Waals surface area contributed by atoms with Gasteiger partial charge in [0, 0.05) is 30.9 Å². The predicted octanol–water partition coefficient (Wildman–Crippen LogP) is 8.63. The van der Waals surface area contributed by atoms with Gasteiger partial charge in [-0.25, -0.2) is 0 Å². The number of nitrogens with zero attached hydrogens (tertiary/aromatic N) is 5. The Hall–Kier alpha value is -4.99. The molecule has 0 fully saturated rings. The van der Waals surface area contributed by atoms with E-state index in [9.17, 15) is 4.79 Å². The monoisotopic (exact) mass is 507 g/mol. The van der Waals surface area contributed by atoms with E-state index in [-0.39, 0.29) is 12.4 Å². The van der Waals surface area contributed by atoms with Crippen molar-refractivity contribution < 1.29 is 14.3 Å². The summed E-state index contributed by atoms with van der Waals surface area (Å²) in [6, 6.07) is 22.1. The summed E-state index contributed by atoms with van der Waals surface area (Å²) in [7, 11) is 0. The third kappa shape index (κ3) is 8.59. The fourth-order valence-corrected chi connectivity index (χ4v) is 3.17. The Morgan fingerprint density at radius 2 is 1.21 bits per heavy atom. The molecule has 3 rings (SSSR count). The fraction of sp³-hybridized carbons (Fsp3) is 0.200.